The minimum absolute atomic E-state index is 0.0257. The molecule has 1 N–H and O–H groups in total. The lowest BCUT2D eigenvalue weighted by Gasteiger charge is -2.07. The van der Waals surface area contributed by atoms with Gasteiger partial charge in [0.15, 0.2) is 0 Å². The quantitative estimate of drug-likeness (QED) is 0.917. The van der Waals surface area contributed by atoms with Crippen LogP contribution in [0.1, 0.15) is 11.5 Å². The lowest BCUT2D eigenvalue weighted by molar-refractivity contribution is -0.137. The lowest BCUT2D eigenvalue weighted by Crippen LogP contribution is -2.04. The first-order valence-corrected chi connectivity index (χ1v) is 5.10. The number of rotatable bonds is 2. The van der Waals surface area contributed by atoms with E-state index in [0.717, 1.165) is 18.2 Å². The maximum atomic E-state index is 12.4. The predicted molar refractivity (Wildman–Crippen MR) is 55.7 cm³/mol. The fourth-order valence-electron chi connectivity index (χ4n) is 1.30. The molecule has 1 aromatic heterocycles. The molecule has 0 amide bonds. The van der Waals surface area contributed by atoms with Crippen LogP contribution in [-0.4, -0.2) is 15.2 Å². The van der Waals surface area contributed by atoms with Crippen molar-refractivity contribution < 1.29 is 22.8 Å². The van der Waals surface area contributed by atoms with Gasteiger partial charge in [0, 0.05) is 5.56 Å². The maximum absolute atomic E-state index is 12.4. The summed E-state index contributed by atoms with van der Waals surface area (Å²) < 4.78 is 41.9. The Balaban J connectivity index is 2.41. The molecule has 96 valence electrons. The number of aliphatic hydroxyl groups excluding tert-OH is 1. The first-order valence-electron chi connectivity index (χ1n) is 4.72. The van der Waals surface area contributed by atoms with Crippen LogP contribution in [0.3, 0.4) is 0 Å². The number of aliphatic hydroxyl groups is 1. The summed E-state index contributed by atoms with van der Waals surface area (Å²) in [6, 6.07) is 2.80. The average molecular weight is 279 g/mol. The summed E-state index contributed by atoms with van der Waals surface area (Å²) in [6.45, 7) is -0.453. The van der Waals surface area contributed by atoms with Gasteiger partial charge in [-0.05, 0) is 18.2 Å². The normalized spacial score (nSPS) is 11.8. The predicted octanol–water partition coefficient (Wildman–Crippen LogP) is 2.90. The molecule has 2 aromatic rings. The van der Waals surface area contributed by atoms with Gasteiger partial charge in [0.25, 0.3) is 5.89 Å². The lowest BCUT2D eigenvalue weighted by atomic mass is 10.1. The van der Waals surface area contributed by atoms with Crippen LogP contribution < -0.4 is 0 Å². The summed E-state index contributed by atoms with van der Waals surface area (Å²) in [7, 11) is 0. The zero-order chi connectivity index (χ0) is 13.3. The van der Waals surface area contributed by atoms with Gasteiger partial charge in [0.1, 0.15) is 6.61 Å². The van der Waals surface area contributed by atoms with Gasteiger partial charge in [-0.1, -0.05) is 16.8 Å². The molecule has 0 spiro atoms. The molecule has 18 heavy (non-hydrogen) atoms. The van der Waals surface area contributed by atoms with Crippen LogP contribution in [0.25, 0.3) is 11.4 Å². The Hall–Kier alpha value is -1.60. The fourth-order valence-corrected chi connectivity index (χ4v) is 1.57. The molecule has 1 aromatic carbocycles. The molecule has 0 bridgehead atoms. The largest absolute Gasteiger partial charge is 0.416 e. The SMILES string of the molecule is OCc1nc(-c2ccc(C(F)(F)F)cc2Cl)no1. The van der Waals surface area contributed by atoms with Crippen molar-refractivity contribution >= 4 is 11.6 Å². The number of benzene rings is 1. The van der Waals surface area contributed by atoms with E-state index in [2.05, 4.69) is 14.7 Å². The van der Waals surface area contributed by atoms with E-state index in [4.69, 9.17) is 16.7 Å². The highest BCUT2D eigenvalue weighted by atomic mass is 35.5. The number of nitrogens with zero attached hydrogens (tertiary/aromatic N) is 2. The second-order valence-electron chi connectivity index (χ2n) is 3.36. The molecule has 8 heteroatoms. The monoisotopic (exact) mass is 278 g/mol. The summed E-state index contributed by atoms with van der Waals surface area (Å²) in [5.41, 5.74) is -0.657. The molecule has 4 nitrogen and oxygen atoms in total. The molecule has 2 rings (SSSR count). The summed E-state index contributed by atoms with van der Waals surface area (Å²) in [5.74, 6) is -0.0151. The van der Waals surface area contributed by atoms with Crippen molar-refractivity contribution in [2.45, 2.75) is 12.8 Å². The molecule has 0 saturated heterocycles. The molecule has 0 aliphatic heterocycles. The maximum Gasteiger partial charge on any atom is 0.416 e. The molecule has 0 aliphatic carbocycles. The van der Waals surface area contributed by atoms with E-state index in [1.165, 1.54) is 0 Å². The Labute approximate surface area is 104 Å². The van der Waals surface area contributed by atoms with Crippen LogP contribution in [0, 0.1) is 0 Å². The van der Waals surface area contributed by atoms with Gasteiger partial charge in [-0.25, -0.2) is 0 Å². The van der Waals surface area contributed by atoms with Crippen molar-refractivity contribution in [2.75, 3.05) is 0 Å². The minimum Gasteiger partial charge on any atom is -0.387 e. The van der Waals surface area contributed by atoms with Gasteiger partial charge in [-0.3, -0.25) is 0 Å². The molecule has 0 fully saturated rings. The molecular formula is C10H6ClF3N2O2. The molecule has 0 unspecified atom stereocenters. The van der Waals surface area contributed by atoms with E-state index in [9.17, 15) is 13.2 Å². The van der Waals surface area contributed by atoms with Crippen LogP contribution >= 0.6 is 11.6 Å². The third kappa shape index (κ3) is 2.46. The van der Waals surface area contributed by atoms with Crippen molar-refractivity contribution in [1.29, 1.82) is 0 Å². The van der Waals surface area contributed by atoms with Crippen LogP contribution in [-0.2, 0) is 12.8 Å². The van der Waals surface area contributed by atoms with Gasteiger partial charge >= 0.3 is 6.18 Å². The van der Waals surface area contributed by atoms with E-state index in [1.807, 2.05) is 0 Å². The van der Waals surface area contributed by atoms with Crippen LogP contribution in [0.15, 0.2) is 22.7 Å². The zero-order valence-electron chi connectivity index (χ0n) is 8.70. The third-order valence-corrected chi connectivity index (χ3v) is 2.45. The van der Waals surface area contributed by atoms with Crippen molar-refractivity contribution in [3.8, 4) is 11.4 Å². The van der Waals surface area contributed by atoms with Gasteiger partial charge < -0.3 is 9.63 Å². The highest BCUT2D eigenvalue weighted by Crippen LogP contribution is 2.34. The average Bonchev–Trinajstić information content (AvgIpc) is 2.76. The summed E-state index contributed by atoms with van der Waals surface area (Å²) in [5, 5.41) is 12.1. The van der Waals surface area contributed by atoms with E-state index >= 15 is 0 Å². The second kappa shape index (κ2) is 4.58. The highest BCUT2D eigenvalue weighted by Gasteiger charge is 2.31. The fraction of sp³-hybridized carbons (Fsp3) is 0.200. The Morgan fingerprint density at radius 1 is 1.33 bits per heavy atom. The van der Waals surface area contributed by atoms with E-state index in [1.54, 1.807) is 0 Å². The number of aromatic nitrogens is 2. The zero-order valence-corrected chi connectivity index (χ0v) is 9.46. The molecule has 0 saturated carbocycles. The third-order valence-electron chi connectivity index (χ3n) is 2.14. The molecule has 0 aliphatic rings. The van der Waals surface area contributed by atoms with E-state index < -0.39 is 18.3 Å². The van der Waals surface area contributed by atoms with Crippen molar-refractivity contribution in [1.82, 2.24) is 10.1 Å². The van der Waals surface area contributed by atoms with Gasteiger partial charge in [-0.2, -0.15) is 18.2 Å². The Morgan fingerprint density at radius 3 is 2.56 bits per heavy atom. The van der Waals surface area contributed by atoms with Crippen molar-refractivity contribution in [2.24, 2.45) is 0 Å². The van der Waals surface area contributed by atoms with Gasteiger partial charge in [-0.15, -0.1) is 0 Å². The number of hydrogen-bond acceptors (Lipinski definition) is 4. The number of hydrogen-bond donors (Lipinski definition) is 1. The van der Waals surface area contributed by atoms with Gasteiger partial charge in [0.05, 0.1) is 10.6 Å². The van der Waals surface area contributed by atoms with E-state index in [0.29, 0.717) is 0 Å². The number of alkyl halides is 3. The minimum atomic E-state index is -4.46. The number of halogens is 4. The summed E-state index contributed by atoms with van der Waals surface area (Å²) >= 11 is 5.74. The highest BCUT2D eigenvalue weighted by molar-refractivity contribution is 6.33. The van der Waals surface area contributed by atoms with E-state index in [-0.39, 0.29) is 22.3 Å². The molecule has 0 atom stereocenters. The molecular weight excluding hydrogens is 273 g/mol. The topological polar surface area (TPSA) is 59.2 Å². The summed E-state index contributed by atoms with van der Waals surface area (Å²) in [4.78, 5) is 3.76. The Kier molecular flexibility index (Phi) is 3.27. The summed E-state index contributed by atoms with van der Waals surface area (Å²) in [6.07, 6.45) is -4.46. The first kappa shape index (κ1) is 12.8. The van der Waals surface area contributed by atoms with Gasteiger partial charge in [0.2, 0.25) is 5.82 Å². The van der Waals surface area contributed by atoms with Crippen molar-refractivity contribution in [3.63, 3.8) is 0 Å². The molecule has 0 radical (unpaired) electrons. The first-order chi connectivity index (χ1) is 8.41. The second-order valence-corrected chi connectivity index (χ2v) is 3.77. The molecule has 1 heterocycles. The Bertz CT molecular complexity index is 568. The van der Waals surface area contributed by atoms with Crippen LogP contribution in [0.2, 0.25) is 5.02 Å². The van der Waals surface area contributed by atoms with Crippen LogP contribution in [0.5, 0.6) is 0 Å². The standard InChI is InChI=1S/C10H6ClF3N2O2/c11-7-3-5(10(12,13)14)1-2-6(7)9-15-8(4-17)18-16-9/h1-3,17H,4H2. The van der Waals surface area contributed by atoms with Crippen LogP contribution in [0.4, 0.5) is 13.2 Å². The smallest absolute Gasteiger partial charge is 0.387 e. The van der Waals surface area contributed by atoms with Crippen molar-refractivity contribution in [3.05, 3.63) is 34.7 Å². The Morgan fingerprint density at radius 2 is 2.06 bits per heavy atom.